The minimum atomic E-state index is -4.44. The minimum Gasteiger partial charge on any atom is -0.540 e. The van der Waals surface area contributed by atoms with Crippen molar-refractivity contribution in [3.8, 4) is 11.4 Å². The van der Waals surface area contributed by atoms with E-state index in [1.165, 1.54) is 0 Å². The first kappa shape index (κ1) is 16.3. The van der Waals surface area contributed by atoms with Crippen LogP contribution in [0.5, 0.6) is 0 Å². The monoisotopic (exact) mass is 296 g/mol. The van der Waals surface area contributed by atoms with Gasteiger partial charge >= 0.3 is 57.6 Å². The Morgan fingerprint density at radius 3 is 2.21 bits per heavy atom. The van der Waals surface area contributed by atoms with Crippen LogP contribution in [0, 0.1) is 0 Å². The zero-order chi connectivity index (χ0) is 13.3. The molecule has 5 nitrogen and oxygen atoms in total. The number of rotatable bonds is 2. The van der Waals surface area contributed by atoms with Crippen LogP contribution in [-0.4, -0.2) is 16.1 Å². The molecule has 0 saturated carbocycles. The molecule has 2 aromatic rings. The molecule has 19 heavy (non-hydrogen) atoms. The van der Waals surface area contributed by atoms with Crippen molar-refractivity contribution < 1.29 is 79.0 Å². The van der Waals surface area contributed by atoms with E-state index >= 15 is 0 Å². The van der Waals surface area contributed by atoms with Crippen LogP contribution >= 0.6 is 0 Å². The van der Waals surface area contributed by atoms with Crippen molar-refractivity contribution in [1.82, 2.24) is 10.1 Å². The number of alkyl halides is 3. The average molecular weight is 296 g/mol. The van der Waals surface area contributed by atoms with Gasteiger partial charge < -0.3 is 14.4 Å². The SMILES string of the molecule is O=C([O-])c1nc(-c2ccc(C(F)(F)F)cc2)no1.[K+]. The number of halogens is 3. The molecule has 0 amide bonds. The smallest absolute Gasteiger partial charge is 0.540 e. The van der Waals surface area contributed by atoms with E-state index in [2.05, 4.69) is 14.7 Å². The van der Waals surface area contributed by atoms with E-state index in [-0.39, 0.29) is 62.8 Å². The molecule has 0 bridgehead atoms. The van der Waals surface area contributed by atoms with Crippen LogP contribution in [0.1, 0.15) is 16.2 Å². The molecule has 0 unspecified atom stereocenters. The van der Waals surface area contributed by atoms with Crippen molar-refractivity contribution in [1.29, 1.82) is 0 Å². The molecule has 0 fully saturated rings. The third kappa shape index (κ3) is 3.86. The number of carboxylic acid groups (broad SMARTS) is 1. The van der Waals surface area contributed by atoms with Gasteiger partial charge in [0.15, 0.2) is 0 Å². The summed E-state index contributed by atoms with van der Waals surface area (Å²) in [5.74, 6) is -2.51. The van der Waals surface area contributed by atoms with Gasteiger partial charge in [-0.1, -0.05) is 17.3 Å². The summed E-state index contributed by atoms with van der Waals surface area (Å²) in [5.41, 5.74) is -0.617. The van der Waals surface area contributed by atoms with Gasteiger partial charge in [-0.15, -0.1) is 0 Å². The number of benzene rings is 1. The standard InChI is InChI=1S/C10H5F3N2O3.K/c11-10(12,13)6-3-1-5(2-4-6)7-14-8(9(16)17)18-15-7;/h1-4H,(H,16,17);/q;+1/p-1. The number of hydrogen-bond acceptors (Lipinski definition) is 5. The van der Waals surface area contributed by atoms with Gasteiger partial charge in [-0.3, -0.25) is 0 Å². The third-order valence-corrected chi connectivity index (χ3v) is 2.07. The van der Waals surface area contributed by atoms with Gasteiger partial charge in [-0.05, 0) is 12.1 Å². The summed E-state index contributed by atoms with van der Waals surface area (Å²) < 4.78 is 41.2. The van der Waals surface area contributed by atoms with Crippen molar-refractivity contribution in [2.24, 2.45) is 0 Å². The van der Waals surface area contributed by atoms with Gasteiger partial charge in [-0.2, -0.15) is 18.2 Å². The van der Waals surface area contributed by atoms with Crippen LogP contribution in [0.25, 0.3) is 11.4 Å². The van der Waals surface area contributed by atoms with E-state index in [0.717, 1.165) is 24.3 Å². The largest absolute Gasteiger partial charge is 1.00 e. The van der Waals surface area contributed by atoms with E-state index in [4.69, 9.17) is 0 Å². The molecule has 9 heteroatoms. The predicted molar refractivity (Wildman–Crippen MR) is 49.1 cm³/mol. The molecule has 0 aliphatic carbocycles. The number of hydrogen-bond donors (Lipinski definition) is 0. The molecule has 0 radical (unpaired) electrons. The Balaban J connectivity index is 0.00000180. The summed E-state index contributed by atoms with van der Waals surface area (Å²) in [4.78, 5) is 13.8. The maximum Gasteiger partial charge on any atom is 1.00 e. The van der Waals surface area contributed by atoms with Crippen LogP contribution in [0.3, 0.4) is 0 Å². The number of carbonyl (C=O) groups excluding carboxylic acids is 1. The molecule has 0 saturated heterocycles. The van der Waals surface area contributed by atoms with E-state index in [9.17, 15) is 23.1 Å². The molecule has 0 atom stereocenters. The zero-order valence-corrected chi connectivity index (χ0v) is 12.7. The molecular formula is C10H4F3KN2O3. The minimum absolute atomic E-state index is 0. The Morgan fingerprint density at radius 2 is 1.79 bits per heavy atom. The first-order valence-corrected chi connectivity index (χ1v) is 4.60. The molecule has 1 aromatic carbocycles. The van der Waals surface area contributed by atoms with Crippen LogP contribution in [0.2, 0.25) is 0 Å². The van der Waals surface area contributed by atoms with Gasteiger partial charge in [0.25, 0.3) is 5.89 Å². The summed E-state index contributed by atoms with van der Waals surface area (Å²) in [6.45, 7) is 0. The Hall–Kier alpha value is -0.744. The fourth-order valence-corrected chi connectivity index (χ4v) is 1.23. The molecule has 0 spiro atoms. The van der Waals surface area contributed by atoms with Crippen molar-refractivity contribution in [2.45, 2.75) is 6.18 Å². The van der Waals surface area contributed by atoms with Crippen LogP contribution in [0.15, 0.2) is 28.8 Å². The average Bonchev–Trinajstić information content (AvgIpc) is 2.77. The molecule has 1 heterocycles. The second-order valence-corrected chi connectivity index (χ2v) is 3.29. The van der Waals surface area contributed by atoms with E-state index in [0.29, 0.717) is 0 Å². The van der Waals surface area contributed by atoms with Gasteiger partial charge in [0.1, 0.15) is 5.97 Å². The van der Waals surface area contributed by atoms with E-state index in [1.807, 2.05) is 0 Å². The number of aromatic carboxylic acids is 1. The summed E-state index contributed by atoms with van der Waals surface area (Å²) in [6, 6.07) is 3.91. The molecule has 94 valence electrons. The van der Waals surface area contributed by atoms with Crippen molar-refractivity contribution >= 4 is 5.97 Å². The summed E-state index contributed by atoms with van der Waals surface area (Å²) >= 11 is 0. The predicted octanol–water partition coefficient (Wildman–Crippen LogP) is -1.88. The maximum absolute atomic E-state index is 12.3. The zero-order valence-electron chi connectivity index (χ0n) is 9.56. The van der Waals surface area contributed by atoms with E-state index < -0.39 is 23.6 Å². The molecule has 2 rings (SSSR count). The summed E-state index contributed by atoms with van der Waals surface area (Å²) in [5, 5.41) is 13.7. The Morgan fingerprint density at radius 1 is 1.21 bits per heavy atom. The quantitative estimate of drug-likeness (QED) is 0.606. The Kier molecular flexibility index (Phi) is 5.27. The van der Waals surface area contributed by atoms with Gasteiger partial charge in [0, 0.05) is 5.56 Å². The number of aromatic nitrogens is 2. The normalized spacial score (nSPS) is 10.9. The van der Waals surface area contributed by atoms with Crippen molar-refractivity contribution in [3.63, 3.8) is 0 Å². The van der Waals surface area contributed by atoms with Gasteiger partial charge in [0.05, 0.1) is 5.56 Å². The van der Waals surface area contributed by atoms with Crippen LogP contribution in [-0.2, 0) is 6.18 Å². The molecular weight excluding hydrogens is 292 g/mol. The topological polar surface area (TPSA) is 79.0 Å². The third-order valence-electron chi connectivity index (χ3n) is 2.07. The second-order valence-electron chi connectivity index (χ2n) is 3.29. The number of carbonyl (C=O) groups is 1. The first-order chi connectivity index (χ1) is 8.38. The van der Waals surface area contributed by atoms with Crippen molar-refractivity contribution in [3.05, 3.63) is 35.7 Å². The number of nitrogens with zero attached hydrogens (tertiary/aromatic N) is 2. The molecule has 1 aromatic heterocycles. The summed E-state index contributed by atoms with van der Waals surface area (Å²) in [7, 11) is 0. The molecule has 0 N–H and O–H groups in total. The maximum atomic E-state index is 12.3. The number of carboxylic acids is 1. The second kappa shape index (κ2) is 6.14. The fourth-order valence-electron chi connectivity index (χ4n) is 1.23. The van der Waals surface area contributed by atoms with Gasteiger partial charge in [-0.25, -0.2) is 0 Å². The van der Waals surface area contributed by atoms with Crippen molar-refractivity contribution in [2.75, 3.05) is 0 Å². The molecule has 0 aliphatic heterocycles. The summed E-state index contributed by atoms with van der Waals surface area (Å²) in [6.07, 6.45) is -4.44. The Bertz CT molecular complexity index is 580. The van der Waals surface area contributed by atoms with Gasteiger partial charge in [0.2, 0.25) is 5.82 Å². The van der Waals surface area contributed by atoms with E-state index in [1.54, 1.807) is 0 Å². The Labute approximate surface area is 147 Å². The molecule has 0 aliphatic rings. The fraction of sp³-hybridized carbons (Fsp3) is 0.100. The first-order valence-electron chi connectivity index (χ1n) is 4.60. The van der Waals surface area contributed by atoms with Crippen LogP contribution in [0.4, 0.5) is 13.2 Å². The van der Waals surface area contributed by atoms with Crippen LogP contribution < -0.4 is 56.5 Å².